The monoisotopic (exact) mass is 475 g/mol. The summed E-state index contributed by atoms with van der Waals surface area (Å²) in [5.41, 5.74) is 2.12. The van der Waals surface area contributed by atoms with E-state index in [1.54, 1.807) is 22.8 Å². The van der Waals surface area contributed by atoms with Gasteiger partial charge in [-0.2, -0.15) is 0 Å². The average molecular weight is 476 g/mol. The molecule has 0 saturated carbocycles. The molecule has 2 aromatic carbocycles. The zero-order chi connectivity index (χ0) is 23.3. The Morgan fingerprint density at radius 2 is 1.88 bits per heavy atom. The number of hydrogen-bond donors (Lipinski definition) is 2. The van der Waals surface area contributed by atoms with Crippen molar-refractivity contribution in [1.29, 1.82) is 0 Å². The number of carboxylic acid groups (broad SMARTS) is 1. The molecule has 1 heterocycles. The number of ether oxygens (including phenoxy) is 1. The second-order valence-electron chi connectivity index (χ2n) is 7.14. The van der Waals surface area contributed by atoms with Crippen LogP contribution in [-0.4, -0.2) is 35.5 Å². The molecule has 170 valence electrons. The molecule has 0 aliphatic heterocycles. The van der Waals surface area contributed by atoms with Crippen molar-refractivity contribution in [2.75, 3.05) is 6.26 Å². The molecule has 0 radical (unpaired) electrons. The standard InChI is InChI=1S/C22H25N3O5S2/c1-3-4-9-19-24-20(31-2)21(30-22(26)27)25(19)14-15-10-12-16(13-11-15)17-7-5-6-8-18(17)32(23,28)29/h5-8,10-13H,3-4,9,14H2,1-2H3,(H,26,27)(H2,23,28,29). The van der Waals surface area contributed by atoms with E-state index in [2.05, 4.69) is 11.9 Å². The Balaban J connectivity index is 1.97. The molecule has 0 spiro atoms. The highest BCUT2D eigenvalue weighted by Gasteiger charge is 2.21. The van der Waals surface area contributed by atoms with Gasteiger partial charge in [-0.05, 0) is 29.9 Å². The Labute approximate surface area is 191 Å². The van der Waals surface area contributed by atoms with E-state index in [-0.39, 0.29) is 10.8 Å². The Bertz CT molecular complexity index is 1200. The van der Waals surface area contributed by atoms with Crippen molar-refractivity contribution >= 4 is 27.9 Å². The molecular weight excluding hydrogens is 450 g/mol. The maximum atomic E-state index is 11.9. The van der Waals surface area contributed by atoms with Crippen LogP contribution in [0.2, 0.25) is 0 Å². The highest BCUT2D eigenvalue weighted by molar-refractivity contribution is 7.98. The predicted molar refractivity (Wildman–Crippen MR) is 124 cm³/mol. The van der Waals surface area contributed by atoms with Crippen LogP contribution in [0, 0.1) is 0 Å². The van der Waals surface area contributed by atoms with E-state index in [0.29, 0.717) is 29.1 Å². The Morgan fingerprint density at radius 3 is 2.47 bits per heavy atom. The van der Waals surface area contributed by atoms with Gasteiger partial charge in [-0.1, -0.05) is 55.8 Å². The lowest BCUT2D eigenvalue weighted by molar-refractivity contribution is 0.139. The number of unbranched alkanes of at least 4 members (excludes halogenated alkanes) is 1. The molecule has 0 saturated heterocycles. The van der Waals surface area contributed by atoms with Crippen molar-refractivity contribution in [3.8, 4) is 17.0 Å². The molecule has 8 nitrogen and oxygen atoms in total. The van der Waals surface area contributed by atoms with Gasteiger partial charge in [-0.15, -0.1) is 11.8 Å². The number of nitrogens with two attached hydrogens (primary N) is 1. The molecule has 0 unspecified atom stereocenters. The van der Waals surface area contributed by atoms with Crippen molar-refractivity contribution in [2.45, 2.75) is 42.7 Å². The first-order chi connectivity index (χ1) is 15.2. The lowest BCUT2D eigenvalue weighted by atomic mass is 10.0. The number of benzene rings is 2. The molecule has 32 heavy (non-hydrogen) atoms. The minimum Gasteiger partial charge on any atom is -0.449 e. The van der Waals surface area contributed by atoms with Crippen LogP contribution in [0.3, 0.4) is 0 Å². The first-order valence-electron chi connectivity index (χ1n) is 10.00. The summed E-state index contributed by atoms with van der Waals surface area (Å²) in [5, 5.41) is 15.1. The SMILES string of the molecule is CCCCc1nc(SC)c(OC(=O)O)n1Cc1ccc(-c2ccccc2S(N)(=O)=O)cc1. The number of aromatic nitrogens is 2. The number of imidazole rings is 1. The van der Waals surface area contributed by atoms with E-state index in [9.17, 15) is 18.3 Å². The highest BCUT2D eigenvalue weighted by atomic mass is 32.2. The van der Waals surface area contributed by atoms with Crippen molar-refractivity contribution in [2.24, 2.45) is 5.14 Å². The second kappa shape index (κ2) is 10.2. The van der Waals surface area contributed by atoms with Crippen molar-refractivity contribution in [3.05, 3.63) is 59.9 Å². The van der Waals surface area contributed by atoms with E-state index in [4.69, 9.17) is 9.88 Å². The number of hydrogen-bond acceptors (Lipinski definition) is 6. The highest BCUT2D eigenvalue weighted by Crippen LogP contribution is 2.31. The summed E-state index contributed by atoms with van der Waals surface area (Å²) in [6, 6.07) is 13.9. The zero-order valence-electron chi connectivity index (χ0n) is 17.8. The van der Waals surface area contributed by atoms with Crippen LogP contribution in [0.1, 0.15) is 31.2 Å². The Kier molecular flexibility index (Phi) is 7.60. The number of thioether (sulfide) groups is 1. The topological polar surface area (TPSA) is 125 Å². The Morgan fingerprint density at radius 1 is 1.19 bits per heavy atom. The number of rotatable bonds is 9. The van der Waals surface area contributed by atoms with Gasteiger partial charge in [0.05, 0.1) is 11.4 Å². The number of primary sulfonamides is 1. The largest absolute Gasteiger partial charge is 0.512 e. The Hall–Kier alpha value is -2.82. The first-order valence-corrected chi connectivity index (χ1v) is 12.8. The average Bonchev–Trinajstić information content (AvgIpc) is 3.08. The number of sulfonamides is 1. The van der Waals surface area contributed by atoms with Crippen molar-refractivity contribution in [3.63, 3.8) is 0 Å². The minimum atomic E-state index is -3.86. The molecule has 0 atom stereocenters. The van der Waals surface area contributed by atoms with E-state index in [1.165, 1.54) is 17.8 Å². The fraction of sp³-hybridized carbons (Fsp3) is 0.273. The predicted octanol–water partition coefficient (Wildman–Crippen LogP) is 4.37. The molecule has 3 aromatic rings. The van der Waals surface area contributed by atoms with Gasteiger partial charge in [-0.25, -0.2) is 23.3 Å². The summed E-state index contributed by atoms with van der Waals surface area (Å²) in [5.74, 6) is 0.968. The summed E-state index contributed by atoms with van der Waals surface area (Å²) in [6.45, 7) is 2.45. The van der Waals surface area contributed by atoms with Crippen molar-refractivity contribution < 1.29 is 23.1 Å². The lowest BCUT2D eigenvalue weighted by Crippen LogP contribution is -2.13. The fourth-order valence-corrected chi connectivity index (χ4v) is 4.67. The van der Waals surface area contributed by atoms with E-state index < -0.39 is 16.2 Å². The molecule has 0 amide bonds. The van der Waals surface area contributed by atoms with Crippen LogP contribution < -0.4 is 9.88 Å². The second-order valence-corrected chi connectivity index (χ2v) is 9.46. The summed E-state index contributed by atoms with van der Waals surface area (Å²) >= 11 is 1.33. The van der Waals surface area contributed by atoms with Crippen LogP contribution in [0.5, 0.6) is 5.88 Å². The molecule has 10 heteroatoms. The summed E-state index contributed by atoms with van der Waals surface area (Å²) < 4.78 is 30.7. The van der Waals surface area contributed by atoms with Gasteiger partial charge < -0.3 is 9.84 Å². The van der Waals surface area contributed by atoms with Gasteiger partial charge in [0.2, 0.25) is 15.9 Å². The lowest BCUT2D eigenvalue weighted by Gasteiger charge is -2.12. The van der Waals surface area contributed by atoms with Crippen LogP contribution in [-0.2, 0) is 23.0 Å². The van der Waals surface area contributed by atoms with Crippen LogP contribution in [0.4, 0.5) is 4.79 Å². The van der Waals surface area contributed by atoms with Gasteiger partial charge in [0, 0.05) is 12.0 Å². The minimum absolute atomic E-state index is 0.0611. The number of carbonyl (C=O) groups is 1. The number of nitrogens with zero attached hydrogens (tertiary/aromatic N) is 2. The third kappa shape index (κ3) is 5.50. The summed E-state index contributed by atoms with van der Waals surface area (Å²) in [6.07, 6.45) is 3.03. The third-order valence-corrected chi connectivity index (χ3v) is 6.52. The van der Waals surface area contributed by atoms with Gasteiger partial charge in [0.1, 0.15) is 5.82 Å². The molecule has 0 fully saturated rings. The van der Waals surface area contributed by atoms with E-state index in [0.717, 1.165) is 24.2 Å². The number of aryl methyl sites for hydroxylation is 1. The smallest absolute Gasteiger partial charge is 0.449 e. The zero-order valence-corrected chi connectivity index (χ0v) is 19.4. The molecule has 0 aliphatic carbocycles. The van der Waals surface area contributed by atoms with Crippen LogP contribution in [0.15, 0.2) is 58.5 Å². The van der Waals surface area contributed by atoms with Crippen LogP contribution >= 0.6 is 11.8 Å². The third-order valence-electron chi connectivity index (χ3n) is 4.90. The van der Waals surface area contributed by atoms with E-state index in [1.807, 2.05) is 30.5 Å². The normalized spacial score (nSPS) is 11.5. The van der Waals surface area contributed by atoms with Gasteiger partial charge in [-0.3, -0.25) is 4.57 Å². The van der Waals surface area contributed by atoms with Gasteiger partial charge >= 0.3 is 6.16 Å². The molecule has 3 N–H and O–H groups in total. The summed E-state index contributed by atoms with van der Waals surface area (Å²) in [4.78, 5) is 15.9. The van der Waals surface area contributed by atoms with Crippen LogP contribution in [0.25, 0.3) is 11.1 Å². The van der Waals surface area contributed by atoms with Gasteiger partial charge in [0.25, 0.3) is 0 Å². The van der Waals surface area contributed by atoms with Gasteiger partial charge in [0.15, 0.2) is 5.03 Å². The molecular formula is C22H25N3O5S2. The maximum absolute atomic E-state index is 11.9. The quantitative estimate of drug-likeness (QED) is 0.348. The molecule has 0 bridgehead atoms. The molecule has 3 rings (SSSR count). The fourth-order valence-electron chi connectivity index (χ4n) is 3.39. The molecule has 0 aliphatic rings. The van der Waals surface area contributed by atoms with Crippen molar-refractivity contribution in [1.82, 2.24) is 9.55 Å². The summed E-state index contributed by atoms with van der Waals surface area (Å²) in [7, 11) is -3.86. The molecule has 1 aromatic heterocycles. The van der Waals surface area contributed by atoms with E-state index >= 15 is 0 Å². The maximum Gasteiger partial charge on any atom is 0.512 e. The first kappa shape index (κ1) is 23.8.